The molecule has 7 heteroatoms. The van der Waals surface area contributed by atoms with Crippen LogP contribution in [0.3, 0.4) is 0 Å². The average Bonchev–Trinajstić information content (AvgIpc) is 2.36. The van der Waals surface area contributed by atoms with Gasteiger partial charge in [-0.25, -0.2) is 12.8 Å². The molecule has 0 radical (unpaired) electrons. The number of nitrogens with one attached hydrogen (secondary N) is 2. The molecular weight excluding hydrogens is 303 g/mol. The van der Waals surface area contributed by atoms with E-state index >= 15 is 0 Å². The summed E-state index contributed by atoms with van der Waals surface area (Å²) in [7, 11) is -2.21. The molecule has 0 fully saturated rings. The summed E-state index contributed by atoms with van der Waals surface area (Å²) in [5.74, 6) is -0.614. The molecule has 0 saturated heterocycles. The van der Waals surface area contributed by atoms with E-state index < -0.39 is 15.8 Å². The molecule has 0 aliphatic carbocycles. The minimum atomic E-state index is -3.83. The molecule has 20 heavy (non-hydrogen) atoms. The molecule has 106 valence electrons. The van der Waals surface area contributed by atoms with Gasteiger partial charge in [0.05, 0.1) is 11.4 Å². The van der Waals surface area contributed by atoms with Crippen molar-refractivity contribution in [3.05, 3.63) is 53.3 Å². The monoisotopic (exact) mass is 314 g/mol. The molecule has 0 aliphatic rings. The molecule has 2 rings (SSSR count). The van der Waals surface area contributed by atoms with E-state index in [4.69, 9.17) is 11.6 Å². The molecular formula is C13H12ClFN2O2S. The predicted octanol–water partition coefficient (Wildman–Crippen LogP) is 3.32. The van der Waals surface area contributed by atoms with Crippen molar-refractivity contribution in [1.29, 1.82) is 0 Å². The largest absolute Gasteiger partial charge is 0.387 e. The Morgan fingerprint density at radius 3 is 2.50 bits per heavy atom. The number of hydrogen-bond acceptors (Lipinski definition) is 3. The molecule has 4 nitrogen and oxygen atoms in total. The van der Waals surface area contributed by atoms with Gasteiger partial charge < -0.3 is 5.32 Å². The first-order valence-corrected chi connectivity index (χ1v) is 7.54. The highest BCUT2D eigenvalue weighted by atomic mass is 35.5. The number of anilines is 2. The number of hydrogen-bond donors (Lipinski definition) is 2. The first-order valence-electron chi connectivity index (χ1n) is 5.68. The maximum Gasteiger partial charge on any atom is 0.263 e. The van der Waals surface area contributed by atoms with Crippen molar-refractivity contribution in [2.45, 2.75) is 4.90 Å². The van der Waals surface area contributed by atoms with Gasteiger partial charge in [-0.2, -0.15) is 0 Å². The number of para-hydroxylation sites is 1. The highest BCUT2D eigenvalue weighted by Crippen LogP contribution is 2.25. The molecule has 0 saturated carbocycles. The van der Waals surface area contributed by atoms with Crippen LogP contribution in [0.25, 0.3) is 0 Å². The molecule has 0 atom stereocenters. The Morgan fingerprint density at radius 1 is 1.15 bits per heavy atom. The van der Waals surface area contributed by atoms with Gasteiger partial charge in [0.2, 0.25) is 0 Å². The van der Waals surface area contributed by atoms with E-state index in [0.29, 0.717) is 5.69 Å². The average molecular weight is 315 g/mol. The minimum absolute atomic E-state index is 0.0703. The van der Waals surface area contributed by atoms with Crippen LogP contribution in [0.5, 0.6) is 0 Å². The lowest BCUT2D eigenvalue weighted by Gasteiger charge is -2.12. The third-order valence-electron chi connectivity index (χ3n) is 2.56. The van der Waals surface area contributed by atoms with Gasteiger partial charge in [-0.15, -0.1) is 0 Å². The molecule has 0 bridgehead atoms. The van der Waals surface area contributed by atoms with Crippen LogP contribution in [-0.4, -0.2) is 15.5 Å². The second-order valence-electron chi connectivity index (χ2n) is 4.01. The van der Waals surface area contributed by atoms with Crippen LogP contribution in [0.2, 0.25) is 5.02 Å². The summed E-state index contributed by atoms with van der Waals surface area (Å²) in [4.78, 5) is 0.0721. The molecule has 0 spiro atoms. The maximum absolute atomic E-state index is 13.2. The zero-order chi connectivity index (χ0) is 14.8. The van der Waals surface area contributed by atoms with E-state index in [1.807, 2.05) is 0 Å². The second-order valence-corrected chi connectivity index (χ2v) is 6.10. The lowest BCUT2D eigenvalue weighted by atomic mass is 10.3. The molecule has 2 aromatic rings. The number of halogens is 2. The normalized spacial score (nSPS) is 11.2. The molecule has 0 amide bonds. The zero-order valence-corrected chi connectivity index (χ0v) is 12.1. The Kier molecular flexibility index (Phi) is 4.15. The quantitative estimate of drug-likeness (QED) is 0.910. The molecule has 0 aliphatic heterocycles. The zero-order valence-electron chi connectivity index (χ0n) is 10.5. The van der Waals surface area contributed by atoms with Gasteiger partial charge in [0.25, 0.3) is 10.0 Å². The van der Waals surface area contributed by atoms with Crippen LogP contribution < -0.4 is 10.0 Å². The number of sulfonamides is 1. The topological polar surface area (TPSA) is 58.2 Å². The van der Waals surface area contributed by atoms with Crippen molar-refractivity contribution in [2.24, 2.45) is 0 Å². The standard InChI is InChI=1S/C13H12ClFN2O2S/c1-16-12-4-2-3-5-13(12)20(18,19)17-11-7-9(14)6-10(15)8-11/h2-8,16-17H,1H3. The molecule has 2 aromatic carbocycles. The van der Waals surface area contributed by atoms with Gasteiger partial charge in [0.15, 0.2) is 0 Å². The van der Waals surface area contributed by atoms with Crippen LogP contribution in [-0.2, 0) is 10.0 Å². The number of benzene rings is 2. The third kappa shape index (κ3) is 3.20. The second kappa shape index (κ2) is 5.68. The van der Waals surface area contributed by atoms with Gasteiger partial charge in [-0.1, -0.05) is 23.7 Å². The lowest BCUT2D eigenvalue weighted by molar-refractivity contribution is 0.601. The van der Waals surface area contributed by atoms with E-state index in [1.165, 1.54) is 12.1 Å². The Balaban J connectivity index is 2.41. The fraction of sp³-hybridized carbons (Fsp3) is 0.0769. The summed E-state index contributed by atoms with van der Waals surface area (Å²) < 4.78 is 40.1. The van der Waals surface area contributed by atoms with Gasteiger partial charge in [0, 0.05) is 12.1 Å². The summed E-state index contributed by atoms with van der Waals surface area (Å²) in [6.45, 7) is 0. The first kappa shape index (κ1) is 14.6. The van der Waals surface area contributed by atoms with E-state index in [-0.39, 0.29) is 15.6 Å². The van der Waals surface area contributed by atoms with Gasteiger partial charge >= 0.3 is 0 Å². The van der Waals surface area contributed by atoms with Crippen LogP contribution in [0.15, 0.2) is 47.4 Å². The summed E-state index contributed by atoms with van der Waals surface area (Å²) >= 11 is 5.70. The van der Waals surface area contributed by atoms with Crippen LogP contribution in [0.4, 0.5) is 15.8 Å². The van der Waals surface area contributed by atoms with E-state index in [0.717, 1.165) is 12.1 Å². The SMILES string of the molecule is CNc1ccccc1S(=O)(=O)Nc1cc(F)cc(Cl)c1. The fourth-order valence-corrected chi connectivity index (χ4v) is 3.21. The smallest absolute Gasteiger partial charge is 0.263 e. The maximum atomic E-state index is 13.2. The third-order valence-corrected chi connectivity index (χ3v) is 4.22. The Labute approximate surface area is 121 Å². The highest BCUT2D eigenvalue weighted by molar-refractivity contribution is 7.92. The first-order chi connectivity index (χ1) is 9.42. The Bertz CT molecular complexity index is 715. The van der Waals surface area contributed by atoms with Gasteiger partial charge in [0.1, 0.15) is 10.7 Å². The van der Waals surface area contributed by atoms with Crippen LogP contribution in [0.1, 0.15) is 0 Å². The van der Waals surface area contributed by atoms with Crippen molar-refractivity contribution in [2.75, 3.05) is 17.1 Å². The summed E-state index contributed by atoms with van der Waals surface area (Å²) in [6, 6.07) is 9.90. The van der Waals surface area contributed by atoms with E-state index in [2.05, 4.69) is 10.0 Å². The Morgan fingerprint density at radius 2 is 1.85 bits per heavy atom. The fourth-order valence-electron chi connectivity index (χ4n) is 1.73. The number of rotatable bonds is 4. The molecule has 0 unspecified atom stereocenters. The van der Waals surface area contributed by atoms with Crippen molar-refractivity contribution >= 4 is 33.0 Å². The van der Waals surface area contributed by atoms with Crippen molar-refractivity contribution in [1.82, 2.24) is 0 Å². The Hall–Kier alpha value is -1.79. The van der Waals surface area contributed by atoms with Crippen molar-refractivity contribution in [3.8, 4) is 0 Å². The molecule has 0 heterocycles. The van der Waals surface area contributed by atoms with Crippen molar-refractivity contribution < 1.29 is 12.8 Å². The predicted molar refractivity (Wildman–Crippen MR) is 78.2 cm³/mol. The summed E-state index contributed by atoms with van der Waals surface area (Å²) in [5.41, 5.74) is 0.517. The lowest BCUT2D eigenvalue weighted by Crippen LogP contribution is -2.14. The van der Waals surface area contributed by atoms with Crippen molar-refractivity contribution in [3.63, 3.8) is 0 Å². The molecule has 0 aromatic heterocycles. The van der Waals surface area contributed by atoms with Gasteiger partial charge in [-0.3, -0.25) is 4.72 Å². The van der Waals surface area contributed by atoms with E-state index in [1.54, 1.807) is 25.2 Å². The summed E-state index contributed by atoms with van der Waals surface area (Å²) in [6.07, 6.45) is 0. The van der Waals surface area contributed by atoms with E-state index in [9.17, 15) is 12.8 Å². The highest BCUT2D eigenvalue weighted by Gasteiger charge is 2.18. The van der Waals surface area contributed by atoms with Gasteiger partial charge in [-0.05, 0) is 30.3 Å². The summed E-state index contributed by atoms with van der Waals surface area (Å²) in [5, 5.41) is 2.91. The van der Waals surface area contributed by atoms with Crippen LogP contribution >= 0.6 is 11.6 Å². The molecule has 2 N–H and O–H groups in total. The van der Waals surface area contributed by atoms with Crippen LogP contribution in [0, 0.1) is 5.82 Å². The minimum Gasteiger partial charge on any atom is -0.387 e.